The predicted molar refractivity (Wildman–Crippen MR) is 79.5 cm³/mol. The van der Waals surface area contributed by atoms with Crippen LogP contribution in [0.1, 0.15) is 37.5 Å². The van der Waals surface area contributed by atoms with Crippen LogP contribution in [0, 0.1) is 0 Å². The van der Waals surface area contributed by atoms with Crippen LogP contribution in [0.4, 0.5) is 0 Å². The first kappa shape index (κ1) is 13.6. The molecular weight excluding hydrogens is 256 g/mol. The molecule has 4 heteroatoms. The fourth-order valence-electron chi connectivity index (χ4n) is 3.42. The van der Waals surface area contributed by atoms with Gasteiger partial charge >= 0.3 is 0 Å². The molecule has 0 bridgehead atoms. The van der Waals surface area contributed by atoms with Gasteiger partial charge in [0.15, 0.2) is 0 Å². The van der Waals surface area contributed by atoms with Crippen LogP contribution in [0.2, 0.25) is 0 Å². The number of aliphatic hydroxyl groups is 1. The van der Waals surface area contributed by atoms with Gasteiger partial charge < -0.3 is 15.3 Å². The minimum Gasteiger partial charge on any atom is -0.383 e. The number of fused-ring (bicyclic) bond motifs is 1. The molecule has 106 valence electrons. The first-order valence-electron chi connectivity index (χ1n) is 7.39. The van der Waals surface area contributed by atoms with Crippen LogP contribution in [0.15, 0.2) is 17.5 Å². The lowest BCUT2D eigenvalue weighted by Crippen LogP contribution is -2.48. The van der Waals surface area contributed by atoms with Gasteiger partial charge in [0.05, 0.1) is 0 Å². The van der Waals surface area contributed by atoms with Crippen LogP contribution in [0.5, 0.6) is 0 Å². The zero-order valence-corrected chi connectivity index (χ0v) is 12.5. The topological polar surface area (TPSA) is 35.5 Å². The Labute approximate surface area is 119 Å². The average molecular weight is 280 g/mol. The van der Waals surface area contributed by atoms with Crippen molar-refractivity contribution in [1.29, 1.82) is 0 Å². The van der Waals surface area contributed by atoms with Crippen LogP contribution in [0.25, 0.3) is 0 Å². The Morgan fingerprint density at radius 2 is 2.37 bits per heavy atom. The van der Waals surface area contributed by atoms with Gasteiger partial charge in [0.2, 0.25) is 0 Å². The summed E-state index contributed by atoms with van der Waals surface area (Å²) in [5, 5.41) is 16.2. The molecule has 0 amide bonds. The maximum atomic E-state index is 10.5. The van der Waals surface area contributed by atoms with Gasteiger partial charge in [-0.15, -0.1) is 11.3 Å². The van der Waals surface area contributed by atoms with Gasteiger partial charge in [0, 0.05) is 23.5 Å². The summed E-state index contributed by atoms with van der Waals surface area (Å²) < 4.78 is 0. The maximum absolute atomic E-state index is 10.5. The van der Waals surface area contributed by atoms with Crippen LogP contribution in [-0.4, -0.2) is 41.7 Å². The number of rotatable bonds is 4. The predicted octanol–water partition coefficient (Wildman–Crippen LogP) is 2.17. The highest BCUT2D eigenvalue weighted by Crippen LogP contribution is 2.28. The van der Waals surface area contributed by atoms with Crippen molar-refractivity contribution in [2.75, 3.05) is 19.6 Å². The van der Waals surface area contributed by atoms with Gasteiger partial charge in [-0.25, -0.2) is 0 Å². The van der Waals surface area contributed by atoms with E-state index in [9.17, 15) is 5.11 Å². The summed E-state index contributed by atoms with van der Waals surface area (Å²) in [6.07, 6.45) is 5.20. The van der Waals surface area contributed by atoms with Crippen LogP contribution >= 0.6 is 11.3 Å². The van der Waals surface area contributed by atoms with E-state index in [2.05, 4.69) is 10.2 Å². The van der Waals surface area contributed by atoms with E-state index in [1.807, 2.05) is 24.4 Å². The van der Waals surface area contributed by atoms with E-state index in [0.717, 1.165) is 10.9 Å². The van der Waals surface area contributed by atoms with Crippen LogP contribution < -0.4 is 5.32 Å². The number of nitrogens with one attached hydrogen (secondary N) is 1. The summed E-state index contributed by atoms with van der Waals surface area (Å²) in [5.74, 6) is 0. The third-order valence-electron chi connectivity index (χ3n) is 4.61. The summed E-state index contributed by atoms with van der Waals surface area (Å²) in [4.78, 5) is 3.69. The molecule has 3 atom stereocenters. The van der Waals surface area contributed by atoms with Crippen molar-refractivity contribution >= 4 is 11.3 Å². The minimum absolute atomic E-state index is 0.575. The molecule has 0 saturated carbocycles. The zero-order valence-electron chi connectivity index (χ0n) is 11.6. The number of hydrogen-bond donors (Lipinski definition) is 2. The molecule has 0 aromatic carbocycles. The Hall–Kier alpha value is -0.420. The fourth-order valence-corrected chi connectivity index (χ4v) is 4.21. The Balaban J connectivity index is 1.52. The molecule has 0 aliphatic carbocycles. The lowest BCUT2D eigenvalue weighted by Gasteiger charge is -2.36. The van der Waals surface area contributed by atoms with Crippen molar-refractivity contribution in [2.45, 2.75) is 50.3 Å². The smallest absolute Gasteiger partial charge is 0.108 e. The van der Waals surface area contributed by atoms with Gasteiger partial charge in [0.1, 0.15) is 5.60 Å². The molecule has 0 spiro atoms. The summed E-state index contributed by atoms with van der Waals surface area (Å²) in [5.41, 5.74) is -0.735. The van der Waals surface area contributed by atoms with E-state index in [1.165, 1.54) is 38.8 Å². The Bertz CT molecular complexity index is 404. The molecule has 2 aliphatic heterocycles. The lowest BCUT2D eigenvalue weighted by atomic mass is 9.96. The highest BCUT2D eigenvalue weighted by molar-refractivity contribution is 7.10. The van der Waals surface area contributed by atoms with E-state index in [4.69, 9.17) is 0 Å². The van der Waals surface area contributed by atoms with E-state index in [0.29, 0.717) is 12.6 Å². The van der Waals surface area contributed by atoms with E-state index >= 15 is 0 Å². The monoisotopic (exact) mass is 280 g/mol. The highest BCUT2D eigenvalue weighted by Gasteiger charge is 2.33. The van der Waals surface area contributed by atoms with Gasteiger partial charge in [-0.05, 0) is 57.1 Å². The standard InChI is InChI=1S/C15H24N2OS/c1-15(18,14-5-3-9-19-14)11-16-12-6-8-17-7-2-4-13(17)10-12/h3,5,9,12-13,16,18H,2,4,6-8,10-11H2,1H3. The second kappa shape index (κ2) is 5.52. The van der Waals surface area contributed by atoms with Gasteiger partial charge in [0.25, 0.3) is 0 Å². The van der Waals surface area contributed by atoms with Crippen molar-refractivity contribution in [3.05, 3.63) is 22.4 Å². The summed E-state index contributed by atoms with van der Waals surface area (Å²) in [6.45, 7) is 5.09. The van der Waals surface area contributed by atoms with Crippen LogP contribution in [-0.2, 0) is 5.60 Å². The Kier molecular flexibility index (Phi) is 3.94. The fraction of sp³-hybridized carbons (Fsp3) is 0.733. The van der Waals surface area contributed by atoms with Gasteiger partial charge in [-0.3, -0.25) is 0 Å². The van der Waals surface area contributed by atoms with Crippen molar-refractivity contribution < 1.29 is 5.11 Å². The van der Waals surface area contributed by atoms with E-state index < -0.39 is 5.60 Å². The Morgan fingerprint density at radius 3 is 3.16 bits per heavy atom. The molecule has 1 aromatic rings. The highest BCUT2D eigenvalue weighted by atomic mass is 32.1. The molecule has 3 rings (SSSR count). The quantitative estimate of drug-likeness (QED) is 0.887. The van der Waals surface area contributed by atoms with Gasteiger partial charge in [-0.1, -0.05) is 6.07 Å². The maximum Gasteiger partial charge on any atom is 0.108 e. The molecule has 3 nitrogen and oxygen atoms in total. The normalized spacial score (nSPS) is 31.1. The molecule has 3 heterocycles. The molecule has 2 fully saturated rings. The molecule has 2 N–H and O–H groups in total. The number of nitrogens with zero attached hydrogens (tertiary/aromatic N) is 1. The molecule has 3 unspecified atom stereocenters. The second-order valence-electron chi connectivity index (χ2n) is 6.19. The SMILES string of the molecule is CC(O)(CNC1CCN2CCCC2C1)c1cccs1. The molecule has 0 radical (unpaired) electrons. The molecular formula is C15H24N2OS. The molecule has 2 aliphatic rings. The van der Waals surface area contributed by atoms with Crippen molar-refractivity contribution in [3.63, 3.8) is 0 Å². The molecule has 2 saturated heterocycles. The Morgan fingerprint density at radius 1 is 1.47 bits per heavy atom. The molecule has 1 aromatic heterocycles. The number of thiophene rings is 1. The summed E-state index contributed by atoms with van der Waals surface area (Å²) >= 11 is 1.63. The average Bonchev–Trinajstić information content (AvgIpc) is 3.07. The van der Waals surface area contributed by atoms with Gasteiger partial charge in [-0.2, -0.15) is 0 Å². The first-order chi connectivity index (χ1) is 9.15. The van der Waals surface area contributed by atoms with Crippen molar-refractivity contribution in [3.8, 4) is 0 Å². The number of hydrogen-bond acceptors (Lipinski definition) is 4. The minimum atomic E-state index is -0.735. The van der Waals surface area contributed by atoms with Crippen molar-refractivity contribution in [1.82, 2.24) is 10.2 Å². The van der Waals surface area contributed by atoms with E-state index in [1.54, 1.807) is 11.3 Å². The van der Waals surface area contributed by atoms with Crippen molar-refractivity contribution in [2.24, 2.45) is 0 Å². The van der Waals surface area contributed by atoms with Crippen LogP contribution in [0.3, 0.4) is 0 Å². The second-order valence-corrected chi connectivity index (χ2v) is 7.13. The third kappa shape index (κ3) is 3.02. The first-order valence-corrected chi connectivity index (χ1v) is 8.27. The number of piperidine rings is 1. The third-order valence-corrected chi connectivity index (χ3v) is 5.73. The molecule has 19 heavy (non-hydrogen) atoms. The summed E-state index contributed by atoms with van der Waals surface area (Å²) in [7, 11) is 0. The van der Waals surface area contributed by atoms with E-state index in [-0.39, 0.29) is 0 Å². The zero-order chi connectivity index (χ0) is 13.3. The lowest BCUT2D eigenvalue weighted by molar-refractivity contribution is 0.0518. The largest absolute Gasteiger partial charge is 0.383 e. The summed E-state index contributed by atoms with van der Waals surface area (Å²) in [6, 6.07) is 5.39.